The van der Waals surface area contributed by atoms with E-state index >= 15 is 0 Å². The summed E-state index contributed by atoms with van der Waals surface area (Å²) in [5, 5.41) is 3.54. The summed E-state index contributed by atoms with van der Waals surface area (Å²) in [6.07, 6.45) is 1.20. The van der Waals surface area contributed by atoms with Gasteiger partial charge in [-0.15, -0.1) is 0 Å². The van der Waals surface area contributed by atoms with Gasteiger partial charge < -0.3 is 11.1 Å². The van der Waals surface area contributed by atoms with Crippen molar-refractivity contribution in [2.24, 2.45) is 5.92 Å². The summed E-state index contributed by atoms with van der Waals surface area (Å²) in [7, 11) is 0. The van der Waals surface area contributed by atoms with Crippen LogP contribution in [0.1, 0.15) is 42.0 Å². The zero-order chi connectivity index (χ0) is 15.0. The number of nitrogen functional groups attached to an aromatic ring is 1. The standard InChI is InChI=1S/C19H24N2/c1-12-8-16-10-18(9-13(2)19(16)14(12)3)21-11-15-4-6-17(20)7-5-15/h4-7,9-10,12,14,21H,8,11,20H2,1-3H3. The molecule has 110 valence electrons. The Hall–Kier alpha value is -1.96. The van der Waals surface area contributed by atoms with Crippen LogP contribution >= 0.6 is 0 Å². The molecule has 0 radical (unpaired) electrons. The van der Waals surface area contributed by atoms with Crippen LogP contribution in [0.3, 0.4) is 0 Å². The number of rotatable bonds is 3. The quantitative estimate of drug-likeness (QED) is 0.813. The first kappa shape index (κ1) is 14.0. The highest BCUT2D eigenvalue weighted by Gasteiger charge is 2.27. The van der Waals surface area contributed by atoms with Gasteiger partial charge in [-0.25, -0.2) is 0 Å². The summed E-state index contributed by atoms with van der Waals surface area (Å²) in [4.78, 5) is 0. The predicted molar refractivity (Wildman–Crippen MR) is 90.6 cm³/mol. The van der Waals surface area contributed by atoms with Crippen molar-refractivity contribution >= 4 is 11.4 Å². The molecule has 0 amide bonds. The highest BCUT2D eigenvalue weighted by atomic mass is 14.9. The van der Waals surface area contributed by atoms with E-state index in [1.165, 1.54) is 28.8 Å². The first-order valence-electron chi connectivity index (χ1n) is 7.76. The Balaban J connectivity index is 1.77. The Kier molecular flexibility index (Phi) is 3.62. The predicted octanol–water partition coefficient (Wildman–Crippen LogP) is 4.49. The Morgan fingerprint density at radius 2 is 1.86 bits per heavy atom. The topological polar surface area (TPSA) is 38.0 Å². The van der Waals surface area contributed by atoms with Gasteiger partial charge in [0.1, 0.15) is 0 Å². The maximum absolute atomic E-state index is 5.72. The molecule has 1 aliphatic rings. The summed E-state index contributed by atoms with van der Waals surface area (Å²) in [6.45, 7) is 7.78. The highest BCUT2D eigenvalue weighted by molar-refractivity contribution is 5.55. The summed E-state index contributed by atoms with van der Waals surface area (Å²) < 4.78 is 0. The lowest BCUT2D eigenvalue weighted by molar-refractivity contribution is 0.531. The second-order valence-corrected chi connectivity index (χ2v) is 6.43. The van der Waals surface area contributed by atoms with E-state index < -0.39 is 0 Å². The molecule has 0 heterocycles. The zero-order valence-electron chi connectivity index (χ0n) is 13.1. The minimum atomic E-state index is 0.686. The van der Waals surface area contributed by atoms with Gasteiger partial charge in [-0.2, -0.15) is 0 Å². The van der Waals surface area contributed by atoms with Gasteiger partial charge in [-0.3, -0.25) is 0 Å². The number of aryl methyl sites for hydroxylation is 1. The number of hydrogen-bond donors (Lipinski definition) is 2. The third-order valence-electron chi connectivity index (χ3n) is 4.80. The minimum Gasteiger partial charge on any atom is -0.399 e. The van der Waals surface area contributed by atoms with Crippen LogP contribution in [-0.2, 0) is 13.0 Å². The SMILES string of the molecule is Cc1cc(NCc2ccc(N)cc2)cc2c1C(C)C(C)C2. The van der Waals surface area contributed by atoms with Gasteiger partial charge in [0.05, 0.1) is 0 Å². The van der Waals surface area contributed by atoms with Gasteiger partial charge >= 0.3 is 0 Å². The Morgan fingerprint density at radius 3 is 2.57 bits per heavy atom. The van der Waals surface area contributed by atoms with E-state index in [0.29, 0.717) is 5.92 Å². The van der Waals surface area contributed by atoms with Crippen LogP contribution in [0.25, 0.3) is 0 Å². The monoisotopic (exact) mass is 280 g/mol. The van der Waals surface area contributed by atoms with Crippen molar-refractivity contribution in [3.8, 4) is 0 Å². The van der Waals surface area contributed by atoms with Gasteiger partial charge in [0.15, 0.2) is 0 Å². The van der Waals surface area contributed by atoms with E-state index in [2.05, 4.69) is 50.4 Å². The molecule has 3 N–H and O–H groups in total. The third kappa shape index (κ3) is 2.76. The number of hydrogen-bond acceptors (Lipinski definition) is 2. The summed E-state index contributed by atoms with van der Waals surface area (Å²) >= 11 is 0. The van der Waals surface area contributed by atoms with E-state index in [1.54, 1.807) is 5.56 Å². The van der Waals surface area contributed by atoms with Crippen LogP contribution in [0.2, 0.25) is 0 Å². The van der Waals surface area contributed by atoms with E-state index in [-0.39, 0.29) is 0 Å². The molecular weight excluding hydrogens is 256 g/mol. The second-order valence-electron chi connectivity index (χ2n) is 6.43. The molecule has 0 bridgehead atoms. The third-order valence-corrected chi connectivity index (χ3v) is 4.80. The van der Waals surface area contributed by atoms with Crippen LogP contribution in [0.5, 0.6) is 0 Å². The smallest absolute Gasteiger partial charge is 0.0400 e. The van der Waals surface area contributed by atoms with E-state index in [1.807, 2.05) is 12.1 Å². The molecule has 0 saturated heterocycles. The van der Waals surface area contributed by atoms with Crippen molar-refractivity contribution in [1.82, 2.24) is 0 Å². The van der Waals surface area contributed by atoms with E-state index in [9.17, 15) is 0 Å². The van der Waals surface area contributed by atoms with Crippen molar-refractivity contribution < 1.29 is 0 Å². The van der Waals surface area contributed by atoms with Gasteiger partial charge in [0, 0.05) is 17.9 Å². The van der Waals surface area contributed by atoms with Crippen LogP contribution in [-0.4, -0.2) is 0 Å². The maximum atomic E-state index is 5.72. The normalized spacial score (nSPS) is 20.3. The Morgan fingerprint density at radius 1 is 1.14 bits per heavy atom. The lowest BCUT2D eigenvalue weighted by atomic mass is 9.93. The summed E-state index contributed by atoms with van der Waals surface area (Å²) in [6, 6.07) is 12.7. The van der Waals surface area contributed by atoms with Crippen LogP contribution < -0.4 is 11.1 Å². The molecule has 0 fully saturated rings. The van der Waals surface area contributed by atoms with Crippen molar-refractivity contribution in [3.05, 3.63) is 58.7 Å². The van der Waals surface area contributed by atoms with Crippen molar-refractivity contribution in [2.75, 3.05) is 11.1 Å². The highest BCUT2D eigenvalue weighted by Crippen LogP contribution is 2.40. The molecular formula is C19H24N2. The van der Waals surface area contributed by atoms with Crippen molar-refractivity contribution in [3.63, 3.8) is 0 Å². The van der Waals surface area contributed by atoms with Crippen molar-refractivity contribution in [1.29, 1.82) is 0 Å². The fourth-order valence-electron chi connectivity index (χ4n) is 3.44. The van der Waals surface area contributed by atoms with Gasteiger partial charge in [-0.05, 0) is 71.7 Å². The van der Waals surface area contributed by atoms with Gasteiger partial charge in [-0.1, -0.05) is 26.0 Å². The molecule has 0 spiro atoms. The van der Waals surface area contributed by atoms with Gasteiger partial charge in [0.2, 0.25) is 0 Å². The summed E-state index contributed by atoms with van der Waals surface area (Å²) in [5.74, 6) is 1.44. The number of nitrogens with two attached hydrogens (primary N) is 1. The maximum Gasteiger partial charge on any atom is 0.0400 e. The lowest BCUT2D eigenvalue weighted by Gasteiger charge is -2.14. The molecule has 0 aliphatic heterocycles. The number of fused-ring (bicyclic) bond motifs is 1. The molecule has 2 heteroatoms. The first-order chi connectivity index (χ1) is 10.0. The summed E-state index contributed by atoms with van der Waals surface area (Å²) in [5.41, 5.74) is 13.5. The molecule has 3 rings (SSSR count). The number of benzene rings is 2. The average molecular weight is 280 g/mol. The molecule has 2 aromatic carbocycles. The Bertz CT molecular complexity index is 643. The largest absolute Gasteiger partial charge is 0.399 e. The number of anilines is 2. The molecule has 1 aliphatic carbocycles. The second kappa shape index (κ2) is 5.44. The molecule has 2 aromatic rings. The molecule has 2 unspecified atom stereocenters. The first-order valence-corrected chi connectivity index (χ1v) is 7.76. The average Bonchev–Trinajstić information content (AvgIpc) is 2.74. The van der Waals surface area contributed by atoms with Crippen LogP contribution in [0, 0.1) is 12.8 Å². The van der Waals surface area contributed by atoms with Crippen LogP contribution in [0.4, 0.5) is 11.4 Å². The van der Waals surface area contributed by atoms with E-state index in [0.717, 1.165) is 18.2 Å². The molecule has 0 saturated carbocycles. The Labute approximate surface area is 127 Å². The van der Waals surface area contributed by atoms with Gasteiger partial charge in [0.25, 0.3) is 0 Å². The fraction of sp³-hybridized carbons (Fsp3) is 0.368. The zero-order valence-corrected chi connectivity index (χ0v) is 13.1. The van der Waals surface area contributed by atoms with Crippen LogP contribution in [0.15, 0.2) is 36.4 Å². The molecule has 0 aromatic heterocycles. The van der Waals surface area contributed by atoms with E-state index in [4.69, 9.17) is 5.73 Å². The molecule has 21 heavy (non-hydrogen) atoms. The fourth-order valence-corrected chi connectivity index (χ4v) is 3.44. The van der Waals surface area contributed by atoms with Crippen molar-refractivity contribution in [2.45, 2.75) is 39.7 Å². The molecule has 2 atom stereocenters. The lowest BCUT2D eigenvalue weighted by Crippen LogP contribution is -2.02. The minimum absolute atomic E-state index is 0.686. The number of nitrogens with one attached hydrogen (secondary N) is 1. The molecule has 2 nitrogen and oxygen atoms in total.